The number of allylic oxidation sites excluding steroid dienone is 2. The maximum atomic E-state index is 13.1. The molecule has 2 fully saturated rings. The van der Waals surface area contributed by atoms with Crippen LogP contribution in [0.1, 0.15) is 71.8 Å². The predicted octanol–water partition coefficient (Wildman–Crippen LogP) is 0.642. The molecule has 0 aromatic carbocycles. The summed E-state index contributed by atoms with van der Waals surface area (Å²) in [4.78, 5) is 48.3. The Morgan fingerprint density at radius 2 is 1.74 bits per heavy atom. The van der Waals surface area contributed by atoms with E-state index in [2.05, 4.69) is 29.1 Å². The van der Waals surface area contributed by atoms with Crippen molar-refractivity contribution < 1.29 is 28.1 Å². The van der Waals surface area contributed by atoms with E-state index in [0.29, 0.717) is 56.2 Å². The molecule has 0 saturated carbocycles. The van der Waals surface area contributed by atoms with Crippen molar-refractivity contribution in [2.75, 3.05) is 39.8 Å². The third-order valence-electron chi connectivity index (χ3n) is 8.03. The van der Waals surface area contributed by atoms with Crippen LogP contribution in [0, 0.1) is 11.8 Å². The van der Waals surface area contributed by atoms with Gasteiger partial charge >= 0.3 is 11.8 Å². The number of piperidine rings is 2. The fourth-order valence-corrected chi connectivity index (χ4v) is 6.74. The molecule has 14 heteroatoms. The summed E-state index contributed by atoms with van der Waals surface area (Å²) in [6.45, 7) is 12.4. The highest BCUT2D eigenvalue weighted by molar-refractivity contribution is 7.80. The topological polar surface area (TPSA) is 144 Å². The predicted molar refractivity (Wildman–Crippen MR) is 181 cm³/mol. The van der Waals surface area contributed by atoms with Crippen LogP contribution in [-0.2, 0) is 37.3 Å². The highest BCUT2D eigenvalue weighted by Crippen LogP contribution is 2.20. The van der Waals surface area contributed by atoms with Gasteiger partial charge in [0.05, 0.1) is 22.8 Å². The van der Waals surface area contributed by atoms with E-state index in [-0.39, 0.29) is 36.6 Å². The number of amides is 2. The Morgan fingerprint density at radius 1 is 1.11 bits per heavy atom. The number of hydrogen-bond acceptors (Lipinski definition) is 7. The van der Waals surface area contributed by atoms with Crippen LogP contribution in [-0.4, -0.2) is 97.8 Å². The Morgan fingerprint density at radius 3 is 2.34 bits per heavy atom. The molecular weight excluding hydrogens is 624 g/mol. The van der Waals surface area contributed by atoms with Crippen LogP contribution in [0.4, 0.5) is 4.79 Å². The Kier molecular flexibility index (Phi) is 14.6. The first-order valence-corrected chi connectivity index (χ1v) is 17.2. The van der Waals surface area contributed by atoms with E-state index in [0.717, 1.165) is 25.7 Å². The Hall–Kier alpha value is -3.51. The SMILES string of the molecule is C=c1/c(=C\C=C/CC#CCOC2CCN(S(=O)N3CCC(NC(=O)OC(C)(C)C)CC3)CC2)n(C(C=O)CCC(=O)NC)c(=O)n1C. The number of nitrogens with one attached hydrogen (secondary N) is 2. The van der Waals surface area contributed by atoms with Gasteiger partial charge in [0.1, 0.15) is 18.5 Å². The van der Waals surface area contributed by atoms with Crippen molar-refractivity contribution in [3.05, 3.63) is 33.3 Å². The van der Waals surface area contributed by atoms with Gasteiger partial charge in [-0.15, -0.1) is 0 Å². The van der Waals surface area contributed by atoms with Gasteiger partial charge in [-0.2, -0.15) is 0 Å². The normalized spacial score (nSPS) is 18.8. The fraction of sp³-hybridized carbons (Fsp3) is 0.636. The van der Waals surface area contributed by atoms with Crippen molar-refractivity contribution in [2.45, 2.75) is 89.5 Å². The largest absolute Gasteiger partial charge is 0.444 e. The van der Waals surface area contributed by atoms with Crippen LogP contribution in [0.2, 0.25) is 0 Å². The summed E-state index contributed by atoms with van der Waals surface area (Å²) in [6, 6.07) is -0.762. The molecule has 0 aliphatic carbocycles. The van der Waals surface area contributed by atoms with Crippen LogP contribution >= 0.6 is 0 Å². The average molecular weight is 675 g/mol. The number of ether oxygens (including phenoxy) is 2. The molecule has 0 bridgehead atoms. The summed E-state index contributed by atoms with van der Waals surface area (Å²) in [5.41, 5.74) is -0.907. The maximum absolute atomic E-state index is 13.1. The second-order valence-electron chi connectivity index (χ2n) is 12.6. The van der Waals surface area contributed by atoms with E-state index in [4.69, 9.17) is 9.47 Å². The lowest BCUT2D eigenvalue weighted by Gasteiger charge is -2.37. The Bertz CT molecular complexity index is 1520. The lowest BCUT2D eigenvalue weighted by Crippen LogP contribution is -2.50. The molecule has 13 nitrogen and oxygen atoms in total. The van der Waals surface area contributed by atoms with Crippen molar-refractivity contribution in [3.63, 3.8) is 0 Å². The first kappa shape index (κ1) is 37.9. The van der Waals surface area contributed by atoms with Crippen LogP contribution in [0.15, 0.2) is 16.9 Å². The lowest BCUT2D eigenvalue weighted by molar-refractivity contribution is -0.121. The molecule has 2 N–H and O–H groups in total. The zero-order valence-corrected chi connectivity index (χ0v) is 29.1. The molecule has 2 unspecified atom stereocenters. The van der Waals surface area contributed by atoms with Crippen molar-refractivity contribution in [1.29, 1.82) is 0 Å². The fourth-order valence-electron chi connectivity index (χ4n) is 5.37. The number of aromatic nitrogens is 2. The van der Waals surface area contributed by atoms with Crippen molar-refractivity contribution in [1.82, 2.24) is 28.4 Å². The number of alkyl carbamates (subject to hydrolysis) is 1. The van der Waals surface area contributed by atoms with E-state index in [1.54, 1.807) is 19.2 Å². The van der Waals surface area contributed by atoms with Gasteiger partial charge in [-0.05, 0) is 59.0 Å². The minimum absolute atomic E-state index is 0.0182. The van der Waals surface area contributed by atoms with E-state index >= 15 is 0 Å². The molecule has 260 valence electrons. The number of rotatable bonds is 12. The van der Waals surface area contributed by atoms with Crippen LogP contribution in [0.3, 0.4) is 0 Å². The summed E-state index contributed by atoms with van der Waals surface area (Å²) in [5, 5.41) is 6.42. The molecule has 2 saturated heterocycles. The molecule has 3 heterocycles. The number of carbonyl (C=O) groups excluding carboxylic acids is 3. The Labute approximate surface area is 279 Å². The third kappa shape index (κ3) is 11.6. The number of hydrogen-bond donors (Lipinski definition) is 2. The second kappa shape index (κ2) is 18.1. The molecule has 1 aromatic rings. The van der Waals surface area contributed by atoms with Gasteiger partial charge in [0.15, 0.2) is 11.2 Å². The average Bonchev–Trinajstić information content (AvgIpc) is 3.25. The highest BCUT2D eigenvalue weighted by atomic mass is 32.2. The zero-order valence-electron chi connectivity index (χ0n) is 28.3. The standard InChI is InChI=1S/C33H50N6O7S/c1-25-29(39(32(43)36(25)6)27(24-40)13-14-30(41)34-5)12-10-8-7-9-11-23-45-28-17-21-38(22-18-28)47(44)37-19-15-26(16-20-37)35-31(42)46-33(2,3)4/h8,10,12,24,26-28H,1,7,13-23H2,2-6H3,(H,34,41)(H,35,42)/b10-8-,29-12+. The van der Waals surface area contributed by atoms with Gasteiger partial charge in [-0.25, -0.2) is 22.4 Å². The molecule has 2 atom stereocenters. The van der Waals surface area contributed by atoms with E-state index in [1.807, 2.05) is 35.5 Å². The highest BCUT2D eigenvalue weighted by Gasteiger charge is 2.30. The van der Waals surface area contributed by atoms with Gasteiger partial charge in [0.25, 0.3) is 0 Å². The number of aldehydes is 1. The summed E-state index contributed by atoms with van der Waals surface area (Å²) in [6.07, 6.45) is 9.45. The van der Waals surface area contributed by atoms with Gasteiger partial charge in [0, 0.05) is 59.2 Å². The number of carbonyl (C=O) groups is 3. The van der Waals surface area contributed by atoms with Gasteiger partial charge in [-0.3, -0.25) is 13.9 Å². The summed E-state index contributed by atoms with van der Waals surface area (Å²) in [5.74, 6) is 5.88. The van der Waals surface area contributed by atoms with Crippen LogP contribution in [0.25, 0.3) is 12.7 Å². The monoisotopic (exact) mass is 674 g/mol. The minimum Gasteiger partial charge on any atom is -0.444 e. The summed E-state index contributed by atoms with van der Waals surface area (Å²) < 4.78 is 31.1. The molecule has 2 aliphatic rings. The number of nitrogens with zero attached hydrogens (tertiary/aromatic N) is 4. The Balaban J connectivity index is 1.40. The van der Waals surface area contributed by atoms with Crippen LogP contribution < -0.4 is 27.0 Å². The van der Waals surface area contributed by atoms with Crippen molar-refractivity contribution >= 4 is 42.1 Å². The molecule has 2 aliphatic heterocycles. The molecular formula is C33H50N6O7S. The van der Waals surface area contributed by atoms with Gasteiger partial charge in [-0.1, -0.05) is 30.6 Å². The molecule has 0 radical (unpaired) electrons. The quantitative estimate of drug-likeness (QED) is 0.245. The molecule has 0 spiro atoms. The van der Waals surface area contributed by atoms with E-state index in [9.17, 15) is 23.4 Å². The molecule has 2 amide bonds. The maximum Gasteiger partial charge on any atom is 0.407 e. The van der Waals surface area contributed by atoms with Gasteiger partial charge < -0.3 is 24.9 Å². The van der Waals surface area contributed by atoms with Crippen LogP contribution in [0.5, 0.6) is 0 Å². The summed E-state index contributed by atoms with van der Waals surface area (Å²) >= 11 is -1.22. The van der Waals surface area contributed by atoms with E-state index in [1.165, 1.54) is 16.2 Å². The summed E-state index contributed by atoms with van der Waals surface area (Å²) in [7, 11) is 3.12. The van der Waals surface area contributed by atoms with Crippen molar-refractivity contribution in [2.24, 2.45) is 7.05 Å². The molecule has 47 heavy (non-hydrogen) atoms. The zero-order chi connectivity index (χ0) is 34.6. The number of imidazole rings is 1. The lowest BCUT2D eigenvalue weighted by atomic mass is 10.1. The molecule has 3 rings (SSSR count). The second-order valence-corrected chi connectivity index (χ2v) is 14.1. The van der Waals surface area contributed by atoms with Crippen molar-refractivity contribution in [3.8, 4) is 11.8 Å². The smallest absolute Gasteiger partial charge is 0.407 e. The molecule has 1 aromatic heterocycles. The van der Waals surface area contributed by atoms with Gasteiger partial charge in [0.2, 0.25) is 5.91 Å². The third-order valence-corrected chi connectivity index (χ3v) is 9.65. The first-order valence-electron chi connectivity index (χ1n) is 16.1. The first-order chi connectivity index (χ1) is 22.3. The minimum atomic E-state index is -1.22. The van der Waals surface area contributed by atoms with E-state index < -0.39 is 28.9 Å².